The van der Waals surface area contributed by atoms with Crippen LogP contribution in [0, 0.1) is 6.92 Å². The van der Waals surface area contributed by atoms with E-state index in [4.69, 9.17) is 23.2 Å². The van der Waals surface area contributed by atoms with Gasteiger partial charge in [-0.25, -0.2) is 0 Å². The summed E-state index contributed by atoms with van der Waals surface area (Å²) in [6.07, 6.45) is 4.23. The van der Waals surface area contributed by atoms with Gasteiger partial charge in [0.2, 0.25) is 0 Å². The summed E-state index contributed by atoms with van der Waals surface area (Å²) in [7, 11) is 0. The highest BCUT2D eigenvalue weighted by Gasteiger charge is 2.14. The van der Waals surface area contributed by atoms with Gasteiger partial charge < -0.3 is 0 Å². The summed E-state index contributed by atoms with van der Waals surface area (Å²) in [5.74, 6) is 0. The SMILES string of the molecule is Cc1ccc(C2=CC(Cl)CC2)cc1Cl. The van der Waals surface area contributed by atoms with Crippen LogP contribution in [-0.2, 0) is 0 Å². The lowest BCUT2D eigenvalue weighted by molar-refractivity contribution is 0.942. The van der Waals surface area contributed by atoms with Gasteiger partial charge in [0, 0.05) is 5.02 Å². The minimum Gasteiger partial charge on any atom is -0.118 e. The lowest BCUT2D eigenvalue weighted by Gasteiger charge is -2.04. The minimum atomic E-state index is 0.199. The molecule has 2 heteroatoms. The van der Waals surface area contributed by atoms with Crippen molar-refractivity contribution in [3.8, 4) is 0 Å². The number of halogens is 2. The maximum atomic E-state index is 6.07. The molecule has 0 saturated heterocycles. The highest BCUT2D eigenvalue weighted by atomic mass is 35.5. The first-order valence-electron chi connectivity index (χ1n) is 4.78. The van der Waals surface area contributed by atoms with Crippen molar-refractivity contribution in [2.45, 2.75) is 25.1 Å². The average molecular weight is 227 g/mol. The first-order valence-corrected chi connectivity index (χ1v) is 5.59. The van der Waals surface area contributed by atoms with Gasteiger partial charge in [0.15, 0.2) is 0 Å². The van der Waals surface area contributed by atoms with Crippen LogP contribution in [0.15, 0.2) is 24.3 Å². The van der Waals surface area contributed by atoms with Gasteiger partial charge in [0.1, 0.15) is 0 Å². The average Bonchev–Trinajstić information content (AvgIpc) is 2.57. The molecular weight excluding hydrogens is 215 g/mol. The van der Waals surface area contributed by atoms with Crippen LogP contribution in [0.3, 0.4) is 0 Å². The van der Waals surface area contributed by atoms with Crippen molar-refractivity contribution >= 4 is 28.8 Å². The molecule has 0 aliphatic heterocycles. The van der Waals surface area contributed by atoms with Crippen LogP contribution in [0.1, 0.15) is 24.0 Å². The van der Waals surface area contributed by atoms with Crippen LogP contribution in [0.25, 0.3) is 5.57 Å². The van der Waals surface area contributed by atoms with Crippen LogP contribution in [-0.4, -0.2) is 5.38 Å². The van der Waals surface area contributed by atoms with Gasteiger partial charge in [0.25, 0.3) is 0 Å². The van der Waals surface area contributed by atoms with Crippen LogP contribution in [0.5, 0.6) is 0 Å². The summed E-state index contributed by atoms with van der Waals surface area (Å²) < 4.78 is 0. The van der Waals surface area contributed by atoms with E-state index in [1.807, 2.05) is 13.0 Å². The molecule has 1 aliphatic rings. The van der Waals surface area contributed by atoms with Crippen molar-refractivity contribution < 1.29 is 0 Å². The lowest BCUT2D eigenvalue weighted by Crippen LogP contribution is -1.82. The Bertz CT molecular complexity index is 380. The summed E-state index contributed by atoms with van der Waals surface area (Å²) in [5.41, 5.74) is 3.66. The number of alkyl halides is 1. The Kier molecular flexibility index (Phi) is 2.85. The van der Waals surface area contributed by atoms with Crippen LogP contribution < -0.4 is 0 Å². The second-order valence-electron chi connectivity index (χ2n) is 3.71. The number of benzene rings is 1. The molecule has 2 rings (SSSR count). The molecule has 0 spiro atoms. The van der Waals surface area contributed by atoms with Crippen LogP contribution >= 0.6 is 23.2 Å². The molecular formula is C12H12Cl2. The van der Waals surface area contributed by atoms with Gasteiger partial charge in [-0.1, -0.05) is 29.8 Å². The van der Waals surface area contributed by atoms with Gasteiger partial charge in [-0.15, -0.1) is 11.6 Å². The smallest absolute Gasteiger partial charge is 0.0525 e. The number of allylic oxidation sites excluding steroid dienone is 2. The standard InChI is InChI=1S/C12H12Cl2/c1-8-2-3-10(7-12(8)14)9-4-5-11(13)6-9/h2-3,6-7,11H,4-5H2,1H3. The molecule has 0 nitrogen and oxygen atoms in total. The molecule has 0 aromatic heterocycles. The van der Waals surface area contributed by atoms with Crippen LogP contribution in [0.2, 0.25) is 5.02 Å². The van der Waals surface area contributed by atoms with E-state index in [0.717, 1.165) is 23.4 Å². The summed E-state index contributed by atoms with van der Waals surface area (Å²) in [5, 5.41) is 1.03. The van der Waals surface area contributed by atoms with E-state index >= 15 is 0 Å². The Morgan fingerprint density at radius 2 is 2.14 bits per heavy atom. The number of hydrogen-bond acceptors (Lipinski definition) is 0. The van der Waals surface area contributed by atoms with Gasteiger partial charge in [-0.3, -0.25) is 0 Å². The van der Waals surface area contributed by atoms with Gasteiger partial charge in [-0.05, 0) is 42.5 Å². The molecule has 0 heterocycles. The first-order chi connectivity index (χ1) is 6.66. The van der Waals surface area contributed by atoms with Crippen molar-refractivity contribution in [3.63, 3.8) is 0 Å². The highest BCUT2D eigenvalue weighted by Crippen LogP contribution is 2.32. The van der Waals surface area contributed by atoms with E-state index in [9.17, 15) is 0 Å². The maximum Gasteiger partial charge on any atom is 0.0525 e. The Morgan fingerprint density at radius 1 is 1.36 bits per heavy atom. The molecule has 14 heavy (non-hydrogen) atoms. The van der Waals surface area contributed by atoms with E-state index < -0.39 is 0 Å². The third-order valence-electron chi connectivity index (χ3n) is 2.61. The molecule has 0 N–H and O–H groups in total. The van der Waals surface area contributed by atoms with Crippen LogP contribution in [0.4, 0.5) is 0 Å². The molecule has 0 radical (unpaired) electrons. The van der Waals surface area contributed by atoms with Gasteiger partial charge in [-0.2, -0.15) is 0 Å². The topological polar surface area (TPSA) is 0 Å². The van der Waals surface area contributed by atoms with Crippen molar-refractivity contribution in [2.24, 2.45) is 0 Å². The second-order valence-corrected chi connectivity index (χ2v) is 4.68. The Balaban J connectivity index is 2.34. The minimum absolute atomic E-state index is 0.199. The van der Waals surface area contributed by atoms with Crippen molar-refractivity contribution in [1.82, 2.24) is 0 Å². The van der Waals surface area contributed by atoms with Gasteiger partial charge in [0.05, 0.1) is 5.38 Å². The molecule has 1 aromatic carbocycles. The maximum absolute atomic E-state index is 6.07. The van der Waals surface area contributed by atoms with Crippen molar-refractivity contribution in [1.29, 1.82) is 0 Å². The van der Waals surface area contributed by atoms with E-state index in [1.165, 1.54) is 11.1 Å². The monoisotopic (exact) mass is 226 g/mol. The lowest BCUT2D eigenvalue weighted by atomic mass is 10.0. The summed E-state index contributed by atoms with van der Waals surface area (Å²) >= 11 is 12.1. The normalized spacial score (nSPS) is 21.1. The fourth-order valence-electron chi connectivity index (χ4n) is 1.71. The molecule has 0 bridgehead atoms. The van der Waals surface area contributed by atoms with E-state index in [1.54, 1.807) is 0 Å². The molecule has 0 amide bonds. The quantitative estimate of drug-likeness (QED) is 0.622. The zero-order valence-corrected chi connectivity index (χ0v) is 9.57. The Labute approximate surface area is 94.5 Å². The molecule has 1 aliphatic carbocycles. The third-order valence-corrected chi connectivity index (χ3v) is 3.37. The number of aryl methyl sites for hydroxylation is 1. The van der Waals surface area contributed by atoms with Gasteiger partial charge >= 0.3 is 0 Å². The molecule has 0 fully saturated rings. The Hall–Kier alpha value is -0.460. The Morgan fingerprint density at radius 3 is 2.71 bits per heavy atom. The van der Waals surface area contributed by atoms with Crippen molar-refractivity contribution in [2.75, 3.05) is 0 Å². The van der Waals surface area contributed by atoms with E-state index in [-0.39, 0.29) is 5.38 Å². The zero-order valence-electron chi connectivity index (χ0n) is 8.06. The highest BCUT2D eigenvalue weighted by molar-refractivity contribution is 6.31. The molecule has 1 unspecified atom stereocenters. The van der Waals surface area contributed by atoms with E-state index in [0.29, 0.717) is 0 Å². The molecule has 1 aromatic rings. The summed E-state index contributed by atoms with van der Waals surface area (Å²) in [6.45, 7) is 2.01. The number of hydrogen-bond donors (Lipinski definition) is 0. The second kappa shape index (κ2) is 3.96. The fourth-order valence-corrected chi connectivity index (χ4v) is 2.15. The van der Waals surface area contributed by atoms with E-state index in [2.05, 4.69) is 18.2 Å². The predicted octanol–water partition coefficient (Wildman–Crippen LogP) is 4.43. The largest absolute Gasteiger partial charge is 0.118 e. The molecule has 74 valence electrons. The molecule has 0 saturated carbocycles. The fraction of sp³-hybridized carbons (Fsp3) is 0.333. The third kappa shape index (κ3) is 1.97. The molecule has 1 atom stereocenters. The van der Waals surface area contributed by atoms with Crippen molar-refractivity contribution in [3.05, 3.63) is 40.4 Å². The predicted molar refractivity (Wildman–Crippen MR) is 63.0 cm³/mol. The first kappa shape index (κ1) is 10.1. The zero-order chi connectivity index (χ0) is 10.1. The summed E-state index contributed by atoms with van der Waals surface area (Å²) in [4.78, 5) is 0. The number of rotatable bonds is 1. The summed E-state index contributed by atoms with van der Waals surface area (Å²) in [6, 6.07) is 6.19.